The Morgan fingerprint density at radius 2 is 2.17 bits per heavy atom. The van der Waals surface area contributed by atoms with Crippen molar-refractivity contribution in [3.63, 3.8) is 0 Å². The molecule has 1 aromatic carbocycles. The van der Waals surface area contributed by atoms with Gasteiger partial charge in [-0.1, -0.05) is 12.1 Å². The summed E-state index contributed by atoms with van der Waals surface area (Å²) in [5.41, 5.74) is 2.12. The molecule has 0 saturated carbocycles. The topological polar surface area (TPSA) is 42.8 Å². The van der Waals surface area contributed by atoms with E-state index in [0.717, 1.165) is 43.0 Å². The zero-order chi connectivity index (χ0) is 12.8. The summed E-state index contributed by atoms with van der Waals surface area (Å²) in [6.45, 7) is 4.04. The first-order valence-electron chi connectivity index (χ1n) is 6.41. The lowest BCUT2D eigenvalue weighted by Crippen LogP contribution is -2.27. The van der Waals surface area contributed by atoms with Crippen LogP contribution in [0.3, 0.4) is 0 Å². The second kappa shape index (κ2) is 6.40. The molecule has 4 nitrogen and oxygen atoms in total. The molecule has 4 heteroatoms. The smallest absolute Gasteiger partial charge is 0.145 e. The van der Waals surface area contributed by atoms with Crippen LogP contribution in [0.25, 0.3) is 0 Å². The Labute approximate surface area is 108 Å². The molecule has 0 saturated heterocycles. The molecule has 1 aliphatic rings. The highest BCUT2D eigenvalue weighted by Crippen LogP contribution is 2.18. The summed E-state index contributed by atoms with van der Waals surface area (Å²) < 4.78 is 5.14. The van der Waals surface area contributed by atoms with Crippen molar-refractivity contribution in [3.05, 3.63) is 29.8 Å². The van der Waals surface area contributed by atoms with Crippen molar-refractivity contribution in [3.8, 4) is 5.75 Å². The summed E-state index contributed by atoms with van der Waals surface area (Å²) in [5.74, 6) is 0.861. The highest BCUT2D eigenvalue weighted by molar-refractivity contribution is 6.01. The molecule has 0 aromatic heterocycles. The van der Waals surface area contributed by atoms with Crippen LogP contribution in [0.5, 0.6) is 5.75 Å². The van der Waals surface area contributed by atoms with E-state index in [4.69, 9.17) is 9.57 Å². The maximum atomic E-state index is 5.42. The van der Waals surface area contributed by atoms with Crippen LogP contribution >= 0.6 is 0 Å². The van der Waals surface area contributed by atoms with Gasteiger partial charge in [-0.15, -0.1) is 0 Å². The average Bonchev–Trinajstić information content (AvgIpc) is 2.88. The second-order valence-corrected chi connectivity index (χ2v) is 4.40. The second-order valence-electron chi connectivity index (χ2n) is 4.40. The molecule has 98 valence electrons. The van der Waals surface area contributed by atoms with Gasteiger partial charge >= 0.3 is 0 Å². The number of ether oxygens (including phenoxy) is 1. The Hall–Kier alpha value is -1.55. The average molecular weight is 248 g/mol. The minimum atomic E-state index is 0.161. The molecule has 0 fully saturated rings. The minimum absolute atomic E-state index is 0.161. The van der Waals surface area contributed by atoms with Gasteiger partial charge in [0.25, 0.3) is 0 Å². The van der Waals surface area contributed by atoms with Gasteiger partial charge in [-0.2, -0.15) is 0 Å². The quantitative estimate of drug-likeness (QED) is 0.785. The number of rotatable bonds is 6. The Bertz CT molecular complexity index is 401. The molecule has 0 radical (unpaired) electrons. The molecule has 1 unspecified atom stereocenters. The van der Waals surface area contributed by atoms with Gasteiger partial charge in [-0.3, -0.25) is 0 Å². The lowest BCUT2D eigenvalue weighted by atomic mass is 10.0. The molecule has 0 bridgehead atoms. The van der Waals surface area contributed by atoms with Crippen molar-refractivity contribution < 1.29 is 9.57 Å². The Morgan fingerprint density at radius 1 is 1.39 bits per heavy atom. The van der Waals surface area contributed by atoms with E-state index in [1.165, 1.54) is 0 Å². The first-order valence-corrected chi connectivity index (χ1v) is 6.41. The van der Waals surface area contributed by atoms with Gasteiger partial charge < -0.3 is 14.9 Å². The molecule has 1 N–H and O–H groups in total. The monoisotopic (exact) mass is 248 g/mol. The van der Waals surface area contributed by atoms with Gasteiger partial charge in [0.1, 0.15) is 11.9 Å². The Kier molecular flexibility index (Phi) is 4.59. The SMILES string of the molecule is CCCNCC1CC(c2ccc(OC)cc2)=NO1. The summed E-state index contributed by atoms with van der Waals surface area (Å²) >= 11 is 0. The van der Waals surface area contributed by atoms with Crippen molar-refractivity contribution in [1.29, 1.82) is 0 Å². The summed E-state index contributed by atoms with van der Waals surface area (Å²) in [7, 11) is 1.67. The first kappa shape index (κ1) is 12.9. The third kappa shape index (κ3) is 3.23. The molecule has 1 heterocycles. The van der Waals surface area contributed by atoms with Gasteiger partial charge in [-0.25, -0.2) is 0 Å². The van der Waals surface area contributed by atoms with E-state index in [1.54, 1.807) is 7.11 Å². The molecule has 1 atom stereocenters. The van der Waals surface area contributed by atoms with Gasteiger partial charge in [0.15, 0.2) is 0 Å². The van der Waals surface area contributed by atoms with E-state index in [-0.39, 0.29) is 6.10 Å². The fraction of sp³-hybridized carbons (Fsp3) is 0.500. The lowest BCUT2D eigenvalue weighted by molar-refractivity contribution is 0.0852. The molecule has 18 heavy (non-hydrogen) atoms. The third-order valence-electron chi connectivity index (χ3n) is 2.96. The number of nitrogens with one attached hydrogen (secondary N) is 1. The lowest BCUT2D eigenvalue weighted by Gasteiger charge is -2.08. The molecule has 0 spiro atoms. The van der Waals surface area contributed by atoms with Gasteiger partial charge in [0, 0.05) is 13.0 Å². The summed E-state index contributed by atoms with van der Waals surface area (Å²) in [6.07, 6.45) is 2.16. The van der Waals surface area contributed by atoms with Crippen molar-refractivity contribution in [2.24, 2.45) is 5.16 Å². The van der Waals surface area contributed by atoms with Crippen LogP contribution in [-0.2, 0) is 4.84 Å². The molecule has 1 aromatic rings. The van der Waals surface area contributed by atoms with Crippen LogP contribution in [0.4, 0.5) is 0 Å². The van der Waals surface area contributed by atoms with E-state index in [2.05, 4.69) is 17.4 Å². The van der Waals surface area contributed by atoms with Crippen LogP contribution < -0.4 is 10.1 Å². The van der Waals surface area contributed by atoms with Crippen molar-refractivity contribution in [2.45, 2.75) is 25.9 Å². The normalized spacial score (nSPS) is 18.3. The van der Waals surface area contributed by atoms with E-state index >= 15 is 0 Å². The van der Waals surface area contributed by atoms with Crippen molar-refractivity contribution >= 4 is 5.71 Å². The summed E-state index contributed by atoms with van der Waals surface area (Å²) in [4.78, 5) is 5.42. The van der Waals surface area contributed by atoms with E-state index in [9.17, 15) is 0 Å². The van der Waals surface area contributed by atoms with Gasteiger partial charge in [0.05, 0.1) is 12.8 Å². The molecule has 0 aliphatic carbocycles. The third-order valence-corrected chi connectivity index (χ3v) is 2.96. The predicted octanol–water partition coefficient (Wildman–Crippen LogP) is 2.19. The molecule has 0 amide bonds. The number of hydrogen-bond acceptors (Lipinski definition) is 4. The zero-order valence-corrected chi connectivity index (χ0v) is 11.0. The molecule has 1 aliphatic heterocycles. The minimum Gasteiger partial charge on any atom is -0.497 e. The van der Waals surface area contributed by atoms with Crippen LogP contribution in [0.2, 0.25) is 0 Å². The van der Waals surface area contributed by atoms with E-state index in [1.807, 2.05) is 24.3 Å². The summed E-state index contributed by atoms with van der Waals surface area (Å²) in [5, 5.41) is 7.51. The number of methoxy groups -OCH3 is 1. The maximum Gasteiger partial charge on any atom is 0.145 e. The highest BCUT2D eigenvalue weighted by Gasteiger charge is 2.21. The van der Waals surface area contributed by atoms with Gasteiger partial charge in [0.2, 0.25) is 0 Å². The van der Waals surface area contributed by atoms with Crippen molar-refractivity contribution in [2.75, 3.05) is 20.2 Å². The Balaban J connectivity index is 1.87. The highest BCUT2D eigenvalue weighted by atomic mass is 16.6. The number of benzene rings is 1. The fourth-order valence-electron chi connectivity index (χ4n) is 1.93. The first-order chi connectivity index (χ1) is 8.83. The fourth-order valence-corrected chi connectivity index (χ4v) is 1.93. The van der Waals surface area contributed by atoms with Crippen LogP contribution in [0.15, 0.2) is 29.4 Å². The number of oxime groups is 1. The maximum absolute atomic E-state index is 5.42. The zero-order valence-electron chi connectivity index (χ0n) is 11.0. The summed E-state index contributed by atoms with van der Waals surface area (Å²) in [6, 6.07) is 7.92. The van der Waals surface area contributed by atoms with Crippen LogP contribution in [0.1, 0.15) is 25.3 Å². The van der Waals surface area contributed by atoms with Crippen LogP contribution in [-0.4, -0.2) is 32.0 Å². The van der Waals surface area contributed by atoms with Crippen LogP contribution in [0, 0.1) is 0 Å². The standard InChI is InChI=1S/C14H20N2O2/c1-3-8-15-10-13-9-14(16-18-13)11-4-6-12(17-2)7-5-11/h4-7,13,15H,3,8-10H2,1-2H3. The Morgan fingerprint density at radius 3 is 2.83 bits per heavy atom. The number of nitrogens with zero attached hydrogens (tertiary/aromatic N) is 1. The van der Waals surface area contributed by atoms with Gasteiger partial charge in [-0.05, 0) is 42.8 Å². The predicted molar refractivity (Wildman–Crippen MR) is 72.2 cm³/mol. The van der Waals surface area contributed by atoms with Crippen molar-refractivity contribution in [1.82, 2.24) is 5.32 Å². The molecule has 2 rings (SSSR count). The molecular weight excluding hydrogens is 228 g/mol. The van der Waals surface area contributed by atoms with E-state index < -0.39 is 0 Å². The number of hydrogen-bond donors (Lipinski definition) is 1. The van der Waals surface area contributed by atoms with E-state index in [0.29, 0.717) is 0 Å². The largest absolute Gasteiger partial charge is 0.497 e. The molecular formula is C14H20N2O2.